The highest BCUT2D eigenvalue weighted by molar-refractivity contribution is 7.92. The van der Waals surface area contributed by atoms with E-state index in [0.29, 0.717) is 11.7 Å². The van der Waals surface area contributed by atoms with E-state index in [9.17, 15) is 31.5 Å². The molecule has 0 amide bonds. The number of nitrogens with zero attached hydrogens (tertiary/aromatic N) is 2. The molecule has 0 unspecified atom stereocenters. The molecular formula is C23H28F3N3O6S. The van der Waals surface area contributed by atoms with Gasteiger partial charge >= 0.3 is 18.1 Å². The van der Waals surface area contributed by atoms with Gasteiger partial charge in [0.2, 0.25) is 0 Å². The zero-order valence-corrected chi connectivity index (χ0v) is 20.6. The number of rotatable bonds is 6. The number of anilines is 2. The number of carboxylic acid groups (broad SMARTS) is 2. The fourth-order valence-corrected chi connectivity index (χ4v) is 4.49. The van der Waals surface area contributed by atoms with Crippen molar-refractivity contribution < 1.29 is 41.4 Å². The Bertz CT molecular complexity index is 1160. The molecule has 1 aromatic heterocycles. The zero-order chi connectivity index (χ0) is 27.1. The number of aromatic nitrogens is 1. The number of halogens is 3. The van der Waals surface area contributed by atoms with E-state index in [0.717, 1.165) is 44.3 Å². The monoisotopic (exact) mass is 531 g/mol. The lowest BCUT2D eigenvalue weighted by molar-refractivity contribution is -0.192. The van der Waals surface area contributed by atoms with Gasteiger partial charge in [-0.15, -0.1) is 0 Å². The molecule has 0 radical (unpaired) electrons. The van der Waals surface area contributed by atoms with Gasteiger partial charge in [0.25, 0.3) is 10.0 Å². The van der Waals surface area contributed by atoms with Crippen LogP contribution in [0, 0.1) is 0 Å². The summed E-state index contributed by atoms with van der Waals surface area (Å²) in [7, 11) is -3.84. The second-order valence-corrected chi connectivity index (χ2v) is 10.1. The molecule has 198 valence electrons. The van der Waals surface area contributed by atoms with Gasteiger partial charge in [0.05, 0.1) is 16.8 Å². The van der Waals surface area contributed by atoms with Crippen molar-refractivity contribution in [3.8, 4) is 0 Å². The number of nitrogens with one attached hydrogen (secondary N) is 1. The Balaban J connectivity index is 0.000000572. The van der Waals surface area contributed by atoms with Crippen LogP contribution < -0.4 is 9.62 Å². The Morgan fingerprint density at radius 2 is 1.56 bits per heavy atom. The van der Waals surface area contributed by atoms with E-state index in [1.807, 2.05) is 18.7 Å². The summed E-state index contributed by atoms with van der Waals surface area (Å²) in [5.41, 5.74) is 1.18. The van der Waals surface area contributed by atoms with Crippen molar-refractivity contribution in [1.29, 1.82) is 0 Å². The molecule has 1 saturated heterocycles. The van der Waals surface area contributed by atoms with E-state index >= 15 is 0 Å². The molecule has 3 N–H and O–H groups in total. The highest BCUT2D eigenvalue weighted by Gasteiger charge is 2.38. The third-order valence-electron chi connectivity index (χ3n) is 5.35. The normalized spacial score (nSPS) is 14.4. The Labute approximate surface area is 207 Å². The molecule has 0 atom stereocenters. The van der Waals surface area contributed by atoms with Gasteiger partial charge in [-0.25, -0.2) is 23.0 Å². The molecule has 36 heavy (non-hydrogen) atoms. The number of hydrogen-bond acceptors (Lipinski definition) is 6. The van der Waals surface area contributed by atoms with E-state index in [-0.39, 0.29) is 16.1 Å². The number of sulfonamides is 1. The molecular weight excluding hydrogens is 503 g/mol. The lowest BCUT2D eigenvalue weighted by Crippen LogP contribution is -2.27. The van der Waals surface area contributed by atoms with Crippen LogP contribution in [0.3, 0.4) is 0 Å². The summed E-state index contributed by atoms with van der Waals surface area (Å²) in [6.45, 7) is 5.57. The quantitative estimate of drug-likeness (QED) is 0.487. The van der Waals surface area contributed by atoms with Crippen LogP contribution >= 0.6 is 0 Å². The van der Waals surface area contributed by atoms with Crippen LogP contribution in [0.5, 0.6) is 0 Å². The van der Waals surface area contributed by atoms with Crippen LogP contribution in [0.15, 0.2) is 41.4 Å². The van der Waals surface area contributed by atoms with Crippen molar-refractivity contribution in [2.24, 2.45) is 0 Å². The van der Waals surface area contributed by atoms with E-state index in [4.69, 9.17) is 9.90 Å². The van der Waals surface area contributed by atoms with Gasteiger partial charge in [0, 0.05) is 13.1 Å². The number of carboxylic acids is 2. The first-order valence-corrected chi connectivity index (χ1v) is 12.6. The second kappa shape index (κ2) is 12.1. The van der Waals surface area contributed by atoms with Crippen molar-refractivity contribution in [2.45, 2.75) is 56.5 Å². The number of alkyl halides is 3. The standard InChI is InChI=1S/C21H27N3O4S.C2HF3O2/c1-15(2)16-7-9-18(10-8-16)29(27,28)23-17-13-19(21(25)26)20(22-14-17)24-11-5-3-4-6-12-24;3-2(4,5)1(6)7/h7-10,13-15,23H,3-6,11-12H2,1-2H3,(H,25,26);(H,6,7). The Morgan fingerprint density at radius 1 is 1.03 bits per heavy atom. The smallest absolute Gasteiger partial charge is 0.478 e. The van der Waals surface area contributed by atoms with Crippen LogP contribution in [-0.4, -0.2) is 54.8 Å². The molecule has 2 aromatic rings. The maximum atomic E-state index is 12.7. The third-order valence-corrected chi connectivity index (χ3v) is 6.75. The second-order valence-electron chi connectivity index (χ2n) is 8.43. The molecule has 1 aromatic carbocycles. The fraction of sp³-hybridized carbons (Fsp3) is 0.435. The summed E-state index contributed by atoms with van der Waals surface area (Å²) in [6, 6.07) is 8.00. The van der Waals surface area contributed by atoms with Gasteiger partial charge in [0.15, 0.2) is 0 Å². The Morgan fingerprint density at radius 3 is 2.00 bits per heavy atom. The van der Waals surface area contributed by atoms with E-state index in [2.05, 4.69) is 9.71 Å². The van der Waals surface area contributed by atoms with Crippen molar-refractivity contribution in [3.63, 3.8) is 0 Å². The first-order valence-electron chi connectivity index (χ1n) is 11.1. The van der Waals surface area contributed by atoms with Gasteiger partial charge in [-0.1, -0.05) is 38.8 Å². The van der Waals surface area contributed by atoms with Crippen LogP contribution in [0.25, 0.3) is 0 Å². The van der Waals surface area contributed by atoms with Gasteiger partial charge in [0.1, 0.15) is 11.4 Å². The molecule has 1 fully saturated rings. The molecule has 0 bridgehead atoms. The van der Waals surface area contributed by atoms with Crippen molar-refractivity contribution >= 4 is 33.5 Å². The van der Waals surface area contributed by atoms with Gasteiger partial charge < -0.3 is 15.1 Å². The summed E-state index contributed by atoms with van der Waals surface area (Å²) in [4.78, 5) is 27.1. The molecule has 3 rings (SSSR count). The van der Waals surface area contributed by atoms with Crippen LogP contribution in [0.2, 0.25) is 0 Å². The first-order chi connectivity index (χ1) is 16.7. The minimum Gasteiger partial charge on any atom is -0.478 e. The van der Waals surface area contributed by atoms with E-state index < -0.39 is 28.1 Å². The Hall–Kier alpha value is -3.35. The number of aliphatic carboxylic acids is 1. The van der Waals surface area contributed by atoms with Crippen molar-refractivity contribution in [1.82, 2.24) is 4.98 Å². The summed E-state index contributed by atoms with van der Waals surface area (Å²) in [5.74, 6) is -3.19. The van der Waals surface area contributed by atoms with Gasteiger partial charge in [-0.05, 0) is 42.5 Å². The molecule has 0 aliphatic carbocycles. The first kappa shape index (κ1) is 28.9. The summed E-state index contributed by atoms with van der Waals surface area (Å²) >= 11 is 0. The predicted octanol–water partition coefficient (Wildman–Crippen LogP) is 4.72. The van der Waals surface area contributed by atoms with Crippen LogP contribution in [-0.2, 0) is 14.8 Å². The largest absolute Gasteiger partial charge is 0.490 e. The highest BCUT2D eigenvalue weighted by atomic mass is 32.2. The van der Waals surface area contributed by atoms with Crippen molar-refractivity contribution in [3.05, 3.63) is 47.7 Å². The molecule has 2 heterocycles. The molecule has 0 spiro atoms. The summed E-state index contributed by atoms with van der Waals surface area (Å²) in [5, 5.41) is 16.8. The minimum absolute atomic E-state index is 0.00209. The zero-order valence-electron chi connectivity index (χ0n) is 19.7. The number of aromatic carboxylic acids is 1. The molecule has 1 aliphatic heterocycles. The fourth-order valence-electron chi connectivity index (χ4n) is 3.45. The number of benzene rings is 1. The lowest BCUT2D eigenvalue weighted by Gasteiger charge is -2.23. The molecule has 13 heteroatoms. The number of hydrogen-bond donors (Lipinski definition) is 3. The van der Waals surface area contributed by atoms with Crippen LogP contribution in [0.4, 0.5) is 24.7 Å². The van der Waals surface area contributed by atoms with Gasteiger partial charge in [-0.2, -0.15) is 13.2 Å². The maximum absolute atomic E-state index is 12.7. The summed E-state index contributed by atoms with van der Waals surface area (Å²) < 4.78 is 59.6. The predicted molar refractivity (Wildman–Crippen MR) is 127 cm³/mol. The lowest BCUT2D eigenvalue weighted by atomic mass is 10.0. The molecule has 9 nitrogen and oxygen atoms in total. The average molecular weight is 532 g/mol. The topological polar surface area (TPSA) is 137 Å². The van der Waals surface area contributed by atoms with E-state index in [1.54, 1.807) is 24.3 Å². The number of pyridine rings is 1. The van der Waals surface area contributed by atoms with Crippen LogP contribution in [0.1, 0.15) is 61.4 Å². The highest BCUT2D eigenvalue weighted by Crippen LogP contribution is 2.26. The average Bonchev–Trinajstić information content (AvgIpc) is 3.08. The SMILES string of the molecule is CC(C)c1ccc(S(=O)(=O)Nc2cnc(N3CCCCCC3)c(C(=O)O)c2)cc1.O=C(O)C(F)(F)F. The van der Waals surface area contributed by atoms with Gasteiger partial charge in [-0.3, -0.25) is 4.72 Å². The maximum Gasteiger partial charge on any atom is 0.490 e. The minimum atomic E-state index is -5.08. The molecule has 1 aliphatic rings. The number of carbonyl (C=O) groups is 2. The van der Waals surface area contributed by atoms with Crippen molar-refractivity contribution in [2.75, 3.05) is 22.7 Å². The summed E-state index contributed by atoms with van der Waals surface area (Å²) in [6.07, 6.45) is 0.508. The third kappa shape index (κ3) is 8.11. The van der Waals surface area contributed by atoms with E-state index in [1.165, 1.54) is 12.3 Å². The molecule has 0 saturated carbocycles. The Kier molecular flexibility index (Phi) is 9.68.